The molecule has 1 aliphatic carbocycles. The Hall–Kier alpha value is -0.0400. The van der Waals surface area contributed by atoms with E-state index in [1.807, 2.05) is 0 Å². The summed E-state index contributed by atoms with van der Waals surface area (Å²) in [5, 5.41) is 0. The van der Waals surface area contributed by atoms with E-state index in [0.717, 1.165) is 0 Å². The Morgan fingerprint density at radius 3 is 2.09 bits per heavy atom. The lowest BCUT2D eigenvalue weighted by Gasteiger charge is -2.35. The van der Waals surface area contributed by atoms with Gasteiger partial charge >= 0.3 is 0 Å². The molecule has 0 aliphatic heterocycles. The summed E-state index contributed by atoms with van der Waals surface area (Å²) in [6, 6.07) is 0. The molecule has 66 valence electrons. The van der Waals surface area contributed by atoms with Gasteiger partial charge < -0.3 is 4.74 Å². The van der Waals surface area contributed by atoms with Crippen molar-refractivity contribution in [3.8, 4) is 0 Å². The van der Waals surface area contributed by atoms with E-state index < -0.39 is 0 Å². The molecule has 0 bridgehead atoms. The van der Waals surface area contributed by atoms with E-state index in [1.54, 1.807) is 0 Å². The molecule has 0 spiro atoms. The summed E-state index contributed by atoms with van der Waals surface area (Å²) in [7, 11) is 0. The minimum atomic E-state index is 0.201. The summed E-state index contributed by atoms with van der Waals surface area (Å²) in [6.45, 7) is 6.51. The van der Waals surface area contributed by atoms with Gasteiger partial charge in [-0.25, -0.2) is 0 Å². The molecule has 1 saturated carbocycles. The lowest BCUT2D eigenvalue weighted by molar-refractivity contribution is -0.0883. The third kappa shape index (κ3) is 2.82. The number of ether oxygens (including phenoxy) is 1. The summed E-state index contributed by atoms with van der Waals surface area (Å²) < 4.78 is 5.88. The van der Waals surface area contributed by atoms with Crippen molar-refractivity contribution in [3.05, 3.63) is 0 Å². The number of rotatable bonds is 2. The van der Waals surface area contributed by atoms with Crippen molar-refractivity contribution in [1.29, 1.82) is 0 Å². The maximum Gasteiger partial charge on any atom is 0.0658 e. The third-order valence-corrected chi connectivity index (χ3v) is 2.43. The van der Waals surface area contributed by atoms with Gasteiger partial charge in [-0.15, -0.1) is 0 Å². The van der Waals surface area contributed by atoms with Crippen LogP contribution in [-0.4, -0.2) is 11.7 Å². The first-order valence-electron chi connectivity index (χ1n) is 4.80. The Bertz CT molecular complexity index is 112. The molecular weight excluding hydrogens is 136 g/mol. The monoisotopic (exact) mass is 156 g/mol. The molecule has 0 unspecified atom stereocenters. The molecule has 0 aromatic rings. The second-order valence-corrected chi connectivity index (χ2v) is 4.18. The van der Waals surface area contributed by atoms with Gasteiger partial charge in [0.05, 0.1) is 11.7 Å². The summed E-state index contributed by atoms with van der Waals surface area (Å²) in [5.74, 6) is 0. The van der Waals surface area contributed by atoms with Crippen LogP contribution < -0.4 is 0 Å². The van der Waals surface area contributed by atoms with Crippen LogP contribution in [-0.2, 0) is 4.74 Å². The molecule has 11 heavy (non-hydrogen) atoms. The second kappa shape index (κ2) is 3.57. The van der Waals surface area contributed by atoms with Crippen LogP contribution in [0.5, 0.6) is 0 Å². The van der Waals surface area contributed by atoms with Crippen molar-refractivity contribution >= 4 is 0 Å². The zero-order chi connectivity index (χ0) is 8.32. The third-order valence-electron chi connectivity index (χ3n) is 2.43. The topological polar surface area (TPSA) is 9.23 Å². The molecule has 0 amide bonds. The maximum atomic E-state index is 5.88. The first-order valence-corrected chi connectivity index (χ1v) is 4.80. The minimum absolute atomic E-state index is 0.201. The average Bonchev–Trinajstić information content (AvgIpc) is 1.85. The summed E-state index contributed by atoms with van der Waals surface area (Å²) in [6.07, 6.45) is 7.00. The van der Waals surface area contributed by atoms with E-state index in [1.165, 1.54) is 32.1 Å². The fourth-order valence-electron chi connectivity index (χ4n) is 1.99. The second-order valence-electron chi connectivity index (χ2n) is 4.18. The van der Waals surface area contributed by atoms with Gasteiger partial charge in [-0.05, 0) is 33.6 Å². The molecule has 0 aromatic heterocycles. The van der Waals surface area contributed by atoms with Crippen LogP contribution in [0.3, 0.4) is 0 Å². The highest BCUT2D eigenvalue weighted by Crippen LogP contribution is 2.31. The molecule has 0 saturated heterocycles. The molecule has 0 N–H and O–H groups in total. The SMILES string of the molecule is CC(C)OC1(C)CCCCC1. The van der Waals surface area contributed by atoms with Crippen LogP contribution in [0.1, 0.15) is 52.9 Å². The molecule has 1 aliphatic rings. The van der Waals surface area contributed by atoms with Gasteiger partial charge in [0.2, 0.25) is 0 Å². The maximum absolute atomic E-state index is 5.88. The first kappa shape index (κ1) is 9.05. The van der Waals surface area contributed by atoms with Gasteiger partial charge in [0.1, 0.15) is 0 Å². The molecule has 0 atom stereocenters. The molecule has 0 heterocycles. The lowest BCUT2D eigenvalue weighted by Crippen LogP contribution is -2.33. The number of hydrogen-bond donors (Lipinski definition) is 0. The largest absolute Gasteiger partial charge is 0.373 e. The van der Waals surface area contributed by atoms with E-state index in [4.69, 9.17) is 4.74 Å². The summed E-state index contributed by atoms with van der Waals surface area (Å²) in [5.41, 5.74) is 0.201. The molecule has 1 nitrogen and oxygen atoms in total. The predicted molar refractivity (Wildman–Crippen MR) is 47.7 cm³/mol. The molecule has 1 heteroatoms. The molecular formula is C10H20O. The van der Waals surface area contributed by atoms with Crippen molar-refractivity contribution in [2.75, 3.05) is 0 Å². The van der Waals surface area contributed by atoms with Crippen molar-refractivity contribution in [1.82, 2.24) is 0 Å². The van der Waals surface area contributed by atoms with E-state index in [2.05, 4.69) is 20.8 Å². The van der Waals surface area contributed by atoms with Crippen LogP contribution in [0.25, 0.3) is 0 Å². The van der Waals surface area contributed by atoms with E-state index in [9.17, 15) is 0 Å². The van der Waals surface area contributed by atoms with Crippen LogP contribution in [0, 0.1) is 0 Å². The van der Waals surface area contributed by atoms with E-state index >= 15 is 0 Å². The van der Waals surface area contributed by atoms with Crippen LogP contribution in [0.2, 0.25) is 0 Å². The molecule has 1 fully saturated rings. The zero-order valence-electron chi connectivity index (χ0n) is 8.02. The predicted octanol–water partition coefficient (Wildman–Crippen LogP) is 3.13. The normalized spacial score (nSPS) is 24.0. The van der Waals surface area contributed by atoms with Gasteiger partial charge in [0, 0.05) is 0 Å². The summed E-state index contributed by atoms with van der Waals surface area (Å²) in [4.78, 5) is 0. The highest BCUT2D eigenvalue weighted by molar-refractivity contribution is 4.79. The highest BCUT2D eigenvalue weighted by atomic mass is 16.5. The van der Waals surface area contributed by atoms with Gasteiger partial charge in [0.25, 0.3) is 0 Å². The van der Waals surface area contributed by atoms with Gasteiger partial charge in [0.15, 0.2) is 0 Å². The van der Waals surface area contributed by atoms with Crippen molar-refractivity contribution in [2.24, 2.45) is 0 Å². The van der Waals surface area contributed by atoms with Gasteiger partial charge in [-0.1, -0.05) is 19.3 Å². The van der Waals surface area contributed by atoms with Crippen LogP contribution in [0.15, 0.2) is 0 Å². The smallest absolute Gasteiger partial charge is 0.0658 e. The Balaban J connectivity index is 2.37. The fourth-order valence-corrected chi connectivity index (χ4v) is 1.99. The average molecular weight is 156 g/mol. The van der Waals surface area contributed by atoms with E-state index in [0.29, 0.717) is 6.10 Å². The Morgan fingerprint density at radius 2 is 1.64 bits per heavy atom. The Labute approximate surface area is 70.1 Å². The zero-order valence-corrected chi connectivity index (χ0v) is 8.02. The highest BCUT2D eigenvalue weighted by Gasteiger charge is 2.28. The van der Waals surface area contributed by atoms with Crippen LogP contribution in [0.4, 0.5) is 0 Å². The van der Waals surface area contributed by atoms with Crippen molar-refractivity contribution in [2.45, 2.75) is 64.6 Å². The van der Waals surface area contributed by atoms with Crippen LogP contribution >= 0.6 is 0 Å². The Kier molecular flexibility index (Phi) is 2.94. The molecule has 0 aromatic carbocycles. The quantitative estimate of drug-likeness (QED) is 0.597. The number of hydrogen-bond acceptors (Lipinski definition) is 1. The standard InChI is InChI=1S/C10H20O/c1-9(2)11-10(3)7-5-4-6-8-10/h9H,4-8H2,1-3H3. The minimum Gasteiger partial charge on any atom is -0.373 e. The van der Waals surface area contributed by atoms with Crippen molar-refractivity contribution < 1.29 is 4.74 Å². The molecule has 0 radical (unpaired) electrons. The first-order chi connectivity index (χ1) is 5.12. The van der Waals surface area contributed by atoms with Gasteiger partial charge in [-0.2, -0.15) is 0 Å². The lowest BCUT2D eigenvalue weighted by atomic mass is 9.86. The summed E-state index contributed by atoms with van der Waals surface area (Å²) >= 11 is 0. The Morgan fingerprint density at radius 1 is 1.09 bits per heavy atom. The van der Waals surface area contributed by atoms with Crippen molar-refractivity contribution in [3.63, 3.8) is 0 Å². The molecule has 1 rings (SSSR count). The van der Waals surface area contributed by atoms with Gasteiger partial charge in [-0.3, -0.25) is 0 Å². The van der Waals surface area contributed by atoms with E-state index in [-0.39, 0.29) is 5.60 Å². The fraction of sp³-hybridized carbons (Fsp3) is 1.00.